The van der Waals surface area contributed by atoms with Crippen molar-refractivity contribution in [2.24, 2.45) is 0 Å². The molecule has 0 spiro atoms. The largest absolute Gasteiger partial charge is 0.360 e. The lowest BCUT2D eigenvalue weighted by Gasteiger charge is -2.23. The number of rotatable bonds is 3. The van der Waals surface area contributed by atoms with E-state index in [1.807, 2.05) is 0 Å². The molecule has 1 saturated carbocycles. The Morgan fingerprint density at radius 1 is 1.44 bits per heavy atom. The summed E-state index contributed by atoms with van der Waals surface area (Å²) in [6, 6.07) is 2.00. The Kier molecular flexibility index (Phi) is 4.24. The van der Waals surface area contributed by atoms with Gasteiger partial charge in [0.2, 0.25) is 0 Å². The molecular formula is C12H18ClN3O2. The Morgan fingerprint density at radius 3 is 2.94 bits per heavy atom. The van der Waals surface area contributed by atoms with Crippen molar-refractivity contribution < 1.29 is 9.32 Å². The highest BCUT2D eigenvalue weighted by atomic mass is 35.5. The summed E-state index contributed by atoms with van der Waals surface area (Å²) in [5.74, 6) is 1.24. The summed E-state index contributed by atoms with van der Waals surface area (Å²) in [4.78, 5) is 11.9. The molecule has 1 aliphatic carbocycles. The van der Waals surface area contributed by atoms with Crippen molar-refractivity contribution in [1.82, 2.24) is 15.8 Å². The summed E-state index contributed by atoms with van der Waals surface area (Å²) in [7, 11) is 0. The van der Waals surface area contributed by atoms with Crippen LogP contribution in [0.4, 0.5) is 0 Å². The third-order valence-corrected chi connectivity index (χ3v) is 3.37. The number of amides is 1. The van der Waals surface area contributed by atoms with Crippen LogP contribution >= 0.6 is 12.4 Å². The first kappa shape index (κ1) is 13.4. The van der Waals surface area contributed by atoms with Crippen molar-refractivity contribution in [2.75, 3.05) is 13.1 Å². The molecule has 2 aliphatic rings. The van der Waals surface area contributed by atoms with Gasteiger partial charge in [-0.05, 0) is 32.2 Å². The quantitative estimate of drug-likeness (QED) is 0.873. The van der Waals surface area contributed by atoms with Crippen LogP contribution in [0, 0.1) is 0 Å². The van der Waals surface area contributed by atoms with Crippen molar-refractivity contribution in [1.29, 1.82) is 0 Å². The fourth-order valence-electron chi connectivity index (χ4n) is 2.19. The van der Waals surface area contributed by atoms with Gasteiger partial charge in [0, 0.05) is 24.6 Å². The Labute approximate surface area is 112 Å². The molecule has 6 heteroatoms. The van der Waals surface area contributed by atoms with Gasteiger partial charge in [0.15, 0.2) is 5.69 Å². The van der Waals surface area contributed by atoms with E-state index >= 15 is 0 Å². The van der Waals surface area contributed by atoms with Crippen molar-refractivity contribution >= 4 is 18.3 Å². The molecule has 1 unspecified atom stereocenters. The van der Waals surface area contributed by atoms with E-state index in [2.05, 4.69) is 15.8 Å². The summed E-state index contributed by atoms with van der Waals surface area (Å²) >= 11 is 0. The van der Waals surface area contributed by atoms with E-state index in [4.69, 9.17) is 4.52 Å². The first-order valence-electron chi connectivity index (χ1n) is 6.31. The van der Waals surface area contributed by atoms with E-state index in [0.717, 1.165) is 44.5 Å². The second-order valence-corrected chi connectivity index (χ2v) is 4.91. The Bertz CT molecular complexity index is 411. The van der Waals surface area contributed by atoms with Crippen LogP contribution in [0.25, 0.3) is 0 Å². The second-order valence-electron chi connectivity index (χ2n) is 4.91. The topological polar surface area (TPSA) is 67.2 Å². The lowest BCUT2D eigenvalue weighted by Crippen LogP contribution is -2.45. The van der Waals surface area contributed by atoms with Crippen LogP contribution in [-0.4, -0.2) is 30.2 Å². The van der Waals surface area contributed by atoms with Gasteiger partial charge in [0.25, 0.3) is 5.91 Å². The summed E-state index contributed by atoms with van der Waals surface area (Å²) in [5.41, 5.74) is 0.414. The molecule has 0 radical (unpaired) electrons. The van der Waals surface area contributed by atoms with Crippen LogP contribution in [-0.2, 0) is 0 Å². The van der Waals surface area contributed by atoms with Crippen molar-refractivity contribution in [3.8, 4) is 0 Å². The van der Waals surface area contributed by atoms with Crippen molar-refractivity contribution in [3.63, 3.8) is 0 Å². The monoisotopic (exact) mass is 271 g/mol. The zero-order valence-corrected chi connectivity index (χ0v) is 11.0. The first-order chi connectivity index (χ1) is 8.33. The van der Waals surface area contributed by atoms with Crippen LogP contribution in [0.3, 0.4) is 0 Å². The van der Waals surface area contributed by atoms with Gasteiger partial charge in [-0.25, -0.2) is 0 Å². The molecule has 0 aromatic carbocycles. The number of hydrogen-bond donors (Lipinski definition) is 2. The summed E-state index contributed by atoms with van der Waals surface area (Å²) in [6.45, 7) is 1.89. The van der Waals surface area contributed by atoms with Crippen molar-refractivity contribution in [2.45, 2.75) is 37.6 Å². The SMILES string of the molecule is Cl.O=C(NC1CCCNC1)c1cc(C2CC2)on1. The van der Waals surface area contributed by atoms with Gasteiger partial charge in [-0.3, -0.25) is 4.79 Å². The number of nitrogens with zero attached hydrogens (tertiary/aromatic N) is 1. The Morgan fingerprint density at radius 2 is 2.28 bits per heavy atom. The summed E-state index contributed by atoms with van der Waals surface area (Å²) in [6.07, 6.45) is 4.45. The molecule has 1 saturated heterocycles. The number of piperidine rings is 1. The van der Waals surface area contributed by atoms with Crippen molar-refractivity contribution in [3.05, 3.63) is 17.5 Å². The third-order valence-electron chi connectivity index (χ3n) is 3.37. The smallest absolute Gasteiger partial charge is 0.273 e. The summed E-state index contributed by atoms with van der Waals surface area (Å²) in [5, 5.41) is 10.1. The maximum Gasteiger partial charge on any atom is 0.273 e. The molecule has 1 amide bonds. The van der Waals surface area contributed by atoms with Gasteiger partial charge in [-0.2, -0.15) is 0 Å². The molecule has 1 aromatic rings. The van der Waals surface area contributed by atoms with Crippen LogP contribution < -0.4 is 10.6 Å². The third kappa shape index (κ3) is 3.03. The van der Waals surface area contributed by atoms with E-state index < -0.39 is 0 Å². The van der Waals surface area contributed by atoms with Gasteiger partial charge in [0.1, 0.15) is 5.76 Å². The van der Waals surface area contributed by atoms with Gasteiger partial charge in [0.05, 0.1) is 0 Å². The highest BCUT2D eigenvalue weighted by Gasteiger charge is 2.29. The van der Waals surface area contributed by atoms with Crippen LogP contribution in [0.5, 0.6) is 0 Å². The zero-order chi connectivity index (χ0) is 11.7. The molecule has 100 valence electrons. The Balaban J connectivity index is 0.00000120. The zero-order valence-electron chi connectivity index (χ0n) is 10.1. The van der Waals surface area contributed by atoms with E-state index in [9.17, 15) is 4.79 Å². The van der Waals surface area contributed by atoms with E-state index in [0.29, 0.717) is 11.6 Å². The molecule has 2 N–H and O–H groups in total. The normalized spacial score (nSPS) is 23.2. The fourth-order valence-corrected chi connectivity index (χ4v) is 2.19. The molecular weight excluding hydrogens is 254 g/mol. The molecule has 5 nitrogen and oxygen atoms in total. The molecule has 0 bridgehead atoms. The summed E-state index contributed by atoms with van der Waals surface area (Å²) < 4.78 is 5.17. The van der Waals surface area contributed by atoms with Gasteiger partial charge in [-0.15, -0.1) is 12.4 Å². The maximum atomic E-state index is 11.9. The predicted octanol–water partition coefficient (Wildman–Crippen LogP) is 1.46. The molecule has 2 fully saturated rings. The first-order valence-corrected chi connectivity index (χ1v) is 6.31. The van der Waals surface area contributed by atoms with Gasteiger partial charge in [-0.1, -0.05) is 5.16 Å². The lowest BCUT2D eigenvalue weighted by molar-refractivity contribution is 0.0921. The minimum Gasteiger partial charge on any atom is -0.360 e. The molecule has 18 heavy (non-hydrogen) atoms. The Hall–Kier alpha value is -1.07. The number of carbonyl (C=O) groups excluding carboxylic acids is 1. The second kappa shape index (κ2) is 5.71. The minimum atomic E-state index is -0.116. The van der Waals surface area contributed by atoms with E-state index in [1.54, 1.807) is 6.07 Å². The highest BCUT2D eigenvalue weighted by molar-refractivity contribution is 5.92. The number of hydrogen-bond acceptors (Lipinski definition) is 4. The molecule has 1 aliphatic heterocycles. The van der Waals surface area contributed by atoms with Gasteiger partial charge < -0.3 is 15.2 Å². The van der Waals surface area contributed by atoms with E-state index in [-0.39, 0.29) is 24.4 Å². The minimum absolute atomic E-state index is 0. The number of aromatic nitrogens is 1. The van der Waals surface area contributed by atoms with Crippen LogP contribution in [0.15, 0.2) is 10.6 Å². The average Bonchev–Trinajstić information content (AvgIpc) is 3.08. The maximum absolute atomic E-state index is 11.9. The highest BCUT2D eigenvalue weighted by Crippen LogP contribution is 2.40. The molecule has 1 aromatic heterocycles. The number of nitrogens with one attached hydrogen (secondary N) is 2. The molecule has 2 heterocycles. The van der Waals surface area contributed by atoms with Crippen LogP contribution in [0.2, 0.25) is 0 Å². The number of carbonyl (C=O) groups is 1. The number of halogens is 1. The van der Waals surface area contributed by atoms with Crippen LogP contribution in [0.1, 0.15) is 47.8 Å². The molecule has 3 rings (SSSR count). The molecule has 1 atom stereocenters. The van der Waals surface area contributed by atoms with E-state index in [1.165, 1.54) is 0 Å². The van der Waals surface area contributed by atoms with Gasteiger partial charge >= 0.3 is 0 Å². The predicted molar refractivity (Wildman–Crippen MR) is 69.1 cm³/mol. The fraction of sp³-hybridized carbons (Fsp3) is 0.667. The standard InChI is InChI=1S/C12H17N3O2.ClH/c16-12(14-9-2-1-5-13-7-9)10-6-11(17-15-10)8-3-4-8;/h6,8-9,13H,1-5,7H2,(H,14,16);1H. The average molecular weight is 272 g/mol. The lowest BCUT2D eigenvalue weighted by atomic mass is 10.1.